The van der Waals surface area contributed by atoms with Crippen LogP contribution in [0.1, 0.15) is 25.7 Å². The molecule has 14 heavy (non-hydrogen) atoms. The highest BCUT2D eigenvalue weighted by Crippen LogP contribution is 2.03. The van der Waals surface area contributed by atoms with Crippen LogP contribution in [0.5, 0.6) is 0 Å². The lowest BCUT2D eigenvalue weighted by Crippen LogP contribution is -2.11. The Morgan fingerprint density at radius 2 is 2.36 bits per heavy atom. The van der Waals surface area contributed by atoms with Crippen LogP contribution in [0.2, 0.25) is 0 Å². The van der Waals surface area contributed by atoms with Gasteiger partial charge in [0.1, 0.15) is 5.82 Å². The van der Waals surface area contributed by atoms with E-state index in [-0.39, 0.29) is 5.91 Å². The molecule has 0 saturated heterocycles. The van der Waals surface area contributed by atoms with Crippen LogP contribution < -0.4 is 11.1 Å². The second kappa shape index (κ2) is 6.15. The molecule has 0 spiro atoms. The number of aromatic nitrogens is 2. The molecule has 0 saturated carbocycles. The van der Waals surface area contributed by atoms with E-state index < -0.39 is 0 Å². The summed E-state index contributed by atoms with van der Waals surface area (Å²) in [6.07, 6.45) is 5.02. The average molecular weight is 196 g/mol. The Bertz CT molecular complexity index is 258. The summed E-state index contributed by atoms with van der Waals surface area (Å²) >= 11 is 0. The number of hydrogen-bond acceptors (Lipinski definition) is 3. The molecule has 5 heteroatoms. The number of carbonyl (C=O) groups excluding carboxylic acids is 1. The number of unbranched alkanes of at least 4 members (excludes halogenated alkanes) is 2. The highest BCUT2D eigenvalue weighted by molar-refractivity contribution is 5.89. The van der Waals surface area contributed by atoms with Gasteiger partial charge in [0.25, 0.3) is 0 Å². The smallest absolute Gasteiger partial charge is 0.225 e. The predicted octanol–water partition coefficient (Wildman–Crippen LogP) is 0.867. The summed E-state index contributed by atoms with van der Waals surface area (Å²) in [4.78, 5) is 11.3. The molecule has 0 fully saturated rings. The van der Waals surface area contributed by atoms with Crippen molar-refractivity contribution in [3.05, 3.63) is 12.3 Å². The first-order valence-electron chi connectivity index (χ1n) is 4.82. The van der Waals surface area contributed by atoms with Gasteiger partial charge in [0.05, 0.1) is 6.20 Å². The Labute approximate surface area is 83.1 Å². The first-order valence-corrected chi connectivity index (χ1v) is 4.82. The molecule has 1 amide bonds. The zero-order valence-corrected chi connectivity index (χ0v) is 8.12. The van der Waals surface area contributed by atoms with E-state index >= 15 is 0 Å². The molecular formula is C9H16N4O. The average Bonchev–Trinajstić information content (AvgIpc) is 2.65. The summed E-state index contributed by atoms with van der Waals surface area (Å²) in [5.74, 6) is 0.667. The highest BCUT2D eigenvalue weighted by Gasteiger charge is 2.01. The van der Waals surface area contributed by atoms with Gasteiger partial charge in [-0.2, -0.15) is 5.10 Å². The van der Waals surface area contributed by atoms with Gasteiger partial charge < -0.3 is 11.1 Å². The Balaban J connectivity index is 2.11. The maximum absolute atomic E-state index is 11.3. The predicted molar refractivity (Wildman–Crippen MR) is 54.7 cm³/mol. The van der Waals surface area contributed by atoms with Gasteiger partial charge in [-0.15, -0.1) is 0 Å². The number of rotatable bonds is 6. The molecule has 5 nitrogen and oxygen atoms in total. The lowest BCUT2D eigenvalue weighted by Gasteiger charge is -2.01. The fourth-order valence-electron chi connectivity index (χ4n) is 1.14. The molecule has 0 aromatic carbocycles. The van der Waals surface area contributed by atoms with E-state index in [0.717, 1.165) is 19.3 Å². The molecule has 0 bridgehead atoms. The van der Waals surface area contributed by atoms with Crippen LogP contribution in [0.3, 0.4) is 0 Å². The quantitative estimate of drug-likeness (QED) is 0.590. The van der Waals surface area contributed by atoms with Gasteiger partial charge in [-0.25, -0.2) is 0 Å². The molecule has 0 aliphatic heterocycles. The number of amides is 1. The van der Waals surface area contributed by atoms with Crippen molar-refractivity contribution in [2.75, 3.05) is 11.9 Å². The number of aromatic amines is 1. The number of hydrogen-bond donors (Lipinski definition) is 3. The minimum absolute atomic E-state index is 0.0197. The van der Waals surface area contributed by atoms with E-state index in [1.54, 1.807) is 12.3 Å². The molecule has 1 aromatic heterocycles. The summed E-state index contributed by atoms with van der Waals surface area (Å²) in [6, 6.07) is 1.72. The van der Waals surface area contributed by atoms with Gasteiger partial charge >= 0.3 is 0 Å². The van der Waals surface area contributed by atoms with Gasteiger partial charge in [0.15, 0.2) is 0 Å². The second-order valence-corrected chi connectivity index (χ2v) is 3.12. The van der Waals surface area contributed by atoms with Crippen molar-refractivity contribution in [1.82, 2.24) is 10.2 Å². The normalized spacial score (nSPS) is 10.1. The zero-order valence-electron chi connectivity index (χ0n) is 8.12. The number of nitrogens with zero attached hydrogens (tertiary/aromatic N) is 1. The fraction of sp³-hybridized carbons (Fsp3) is 0.556. The highest BCUT2D eigenvalue weighted by atomic mass is 16.1. The van der Waals surface area contributed by atoms with Crippen molar-refractivity contribution in [3.63, 3.8) is 0 Å². The van der Waals surface area contributed by atoms with Gasteiger partial charge in [-0.3, -0.25) is 9.89 Å². The minimum Gasteiger partial charge on any atom is -0.330 e. The molecule has 1 rings (SSSR count). The largest absolute Gasteiger partial charge is 0.330 e. The standard InChI is InChI=1S/C9H16N4O/c10-6-3-1-2-4-9(14)12-8-5-7-11-13-8/h5,7H,1-4,6,10H2,(H2,11,12,13,14). The number of H-pyrrole nitrogens is 1. The second-order valence-electron chi connectivity index (χ2n) is 3.12. The van der Waals surface area contributed by atoms with Crippen molar-refractivity contribution >= 4 is 11.7 Å². The maximum Gasteiger partial charge on any atom is 0.225 e. The Hall–Kier alpha value is -1.36. The van der Waals surface area contributed by atoms with Gasteiger partial charge in [-0.1, -0.05) is 6.42 Å². The molecule has 78 valence electrons. The first-order chi connectivity index (χ1) is 6.83. The SMILES string of the molecule is NCCCCCC(=O)Nc1ccn[nH]1. The van der Waals surface area contributed by atoms with Crippen LogP contribution in [0.4, 0.5) is 5.82 Å². The molecule has 4 N–H and O–H groups in total. The van der Waals surface area contributed by atoms with Gasteiger partial charge in [-0.05, 0) is 19.4 Å². The van der Waals surface area contributed by atoms with Crippen molar-refractivity contribution in [3.8, 4) is 0 Å². The van der Waals surface area contributed by atoms with E-state index in [1.165, 1.54) is 0 Å². The van der Waals surface area contributed by atoms with Crippen LogP contribution in [0.25, 0.3) is 0 Å². The van der Waals surface area contributed by atoms with Crippen LogP contribution in [0, 0.1) is 0 Å². The maximum atomic E-state index is 11.3. The Morgan fingerprint density at radius 3 is 3.00 bits per heavy atom. The van der Waals surface area contributed by atoms with E-state index in [4.69, 9.17) is 5.73 Å². The van der Waals surface area contributed by atoms with Crippen LogP contribution in [0.15, 0.2) is 12.3 Å². The van der Waals surface area contributed by atoms with Crippen molar-refractivity contribution in [2.45, 2.75) is 25.7 Å². The molecule has 0 unspecified atom stereocenters. The van der Waals surface area contributed by atoms with Crippen molar-refractivity contribution in [2.24, 2.45) is 5.73 Å². The third kappa shape index (κ3) is 4.04. The first kappa shape index (κ1) is 10.7. The van der Waals surface area contributed by atoms with E-state index in [1.807, 2.05) is 0 Å². The number of anilines is 1. The lowest BCUT2D eigenvalue weighted by molar-refractivity contribution is -0.116. The van der Waals surface area contributed by atoms with Crippen LogP contribution in [-0.4, -0.2) is 22.6 Å². The minimum atomic E-state index is 0.0197. The number of nitrogens with one attached hydrogen (secondary N) is 2. The summed E-state index contributed by atoms with van der Waals surface area (Å²) in [5.41, 5.74) is 5.34. The number of nitrogens with two attached hydrogens (primary N) is 1. The molecule has 0 aliphatic rings. The van der Waals surface area contributed by atoms with E-state index in [0.29, 0.717) is 18.8 Å². The monoisotopic (exact) mass is 196 g/mol. The van der Waals surface area contributed by atoms with Crippen LogP contribution in [-0.2, 0) is 4.79 Å². The topological polar surface area (TPSA) is 83.8 Å². The number of carbonyl (C=O) groups is 1. The third-order valence-electron chi connectivity index (χ3n) is 1.88. The molecule has 1 aromatic rings. The summed E-state index contributed by atoms with van der Waals surface area (Å²) in [5, 5.41) is 9.11. The van der Waals surface area contributed by atoms with Crippen LogP contribution >= 0.6 is 0 Å². The van der Waals surface area contributed by atoms with Crippen molar-refractivity contribution < 1.29 is 4.79 Å². The van der Waals surface area contributed by atoms with Gasteiger partial charge in [0, 0.05) is 12.5 Å². The summed E-state index contributed by atoms with van der Waals surface area (Å²) in [6.45, 7) is 0.697. The molecular weight excluding hydrogens is 180 g/mol. The lowest BCUT2D eigenvalue weighted by atomic mass is 10.2. The Kier molecular flexibility index (Phi) is 4.71. The zero-order chi connectivity index (χ0) is 10.2. The summed E-state index contributed by atoms with van der Waals surface area (Å²) in [7, 11) is 0. The van der Waals surface area contributed by atoms with Crippen molar-refractivity contribution in [1.29, 1.82) is 0 Å². The molecule has 0 atom stereocenters. The van der Waals surface area contributed by atoms with E-state index in [2.05, 4.69) is 15.5 Å². The fourth-order valence-corrected chi connectivity index (χ4v) is 1.14. The molecule has 0 radical (unpaired) electrons. The van der Waals surface area contributed by atoms with Gasteiger partial charge in [0.2, 0.25) is 5.91 Å². The Morgan fingerprint density at radius 1 is 1.50 bits per heavy atom. The third-order valence-corrected chi connectivity index (χ3v) is 1.88. The van der Waals surface area contributed by atoms with E-state index in [9.17, 15) is 4.79 Å². The molecule has 1 heterocycles. The molecule has 0 aliphatic carbocycles. The summed E-state index contributed by atoms with van der Waals surface area (Å²) < 4.78 is 0.